The first-order chi connectivity index (χ1) is 9.98. The van der Waals surface area contributed by atoms with Crippen LogP contribution in [0.3, 0.4) is 0 Å². The number of hydrogen-bond acceptors (Lipinski definition) is 3. The predicted molar refractivity (Wildman–Crippen MR) is 82.7 cm³/mol. The Balaban J connectivity index is 1.97. The molecule has 0 heterocycles. The molecule has 1 saturated carbocycles. The monoisotopic (exact) mass is 292 g/mol. The van der Waals surface area contributed by atoms with Gasteiger partial charge in [0.1, 0.15) is 5.75 Å². The first-order valence-corrected chi connectivity index (χ1v) is 7.42. The molecule has 2 amide bonds. The van der Waals surface area contributed by atoms with E-state index in [9.17, 15) is 9.90 Å². The van der Waals surface area contributed by atoms with Gasteiger partial charge in [0.15, 0.2) is 0 Å². The Morgan fingerprint density at radius 3 is 2.71 bits per heavy atom. The van der Waals surface area contributed by atoms with Gasteiger partial charge in [0, 0.05) is 5.69 Å². The van der Waals surface area contributed by atoms with Crippen LogP contribution < -0.4 is 15.4 Å². The van der Waals surface area contributed by atoms with Crippen molar-refractivity contribution in [1.29, 1.82) is 0 Å². The van der Waals surface area contributed by atoms with Crippen molar-refractivity contribution in [2.75, 3.05) is 18.5 Å². The van der Waals surface area contributed by atoms with E-state index in [1.807, 2.05) is 39.0 Å². The minimum Gasteiger partial charge on any atom is -0.494 e. The molecule has 5 heteroatoms. The fourth-order valence-electron chi connectivity index (χ4n) is 2.46. The summed E-state index contributed by atoms with van der Waals surface area (Å²) in [7, 11) is 0. The van der Waals surface area contributed by atoms with Crippen LogP contribution in [0.1, 0.15) is 32.3 Å². The van der Waals surface area contributed by atoms with Crippen LogP contribution >= 0.6 is 0 Å². The third kappa shape index (κ3) is 3.88. The molecule has 21 heavy (non-hydrogen) atoms. The number of carbonyl (C=O) groups excluding carboxylic acids is 1. The summed E-state index contributed by atoms with van der Waals surface area (Å²) in [4.78, 5) is 12.1. The van der Waals surface area contributed by atoms with Crippen molar-refractivity contribution in [2.24, 2.45) is 5.92 Å². The Kier molecular flexibility index (Phi) is 4.73. The molecule has 1 fully saturated rings. The standard InChI is InChI=1S/C16H24N2O3/c1-4-21-14-8-7-13(9-11(14)2)17-15(20)18-16(3,10-19)12-5-6-12/h7-9,12,19H,4-6,10H2,1-3H3,(H2,17,18,20). The number of ether oxygens (including phenoxy) is 1. The molecule has 1 aromatic carbocycles. The molecule has 1 unspecified atom stereocenters. The average molecular weight is 292 g/mol. The van der Waals surface area contributed by atoms with Crippen molar-refractivity contribution in [3.05, 3.63) is 23.8 Å². The summed E-state index contributed by atoms with van der Waals surface area (Å²) in [5.41, 5.74) is 1.15. The Bertz CT molecular complexity index is 514. The number of hydrogen-bond donors (Lipinski definition) is 3. The molecule has 116 valence electrons. The topological polar surface area (TPSA) is 70.6 Å². The average Bonchev–Trinajstić information content (AvgIpc) is 3.26. The van der Waals surface area contributed by atoms with Crippen molar-refractivity contribution in [1.82, 2.24) is 5.32 Å². The van der Waals surface area contributed by atoms with Gasteiger partial charge in [0.2, 0.25) is 0 Å². The molecular weight excluding hydrogens is 268 g/mol. The lowest BCUT2D eigenvalue weighted by Gasteiger charge is -2.28. The van der Waals surface area contributed by atoms with Crippen molar-refractivity contribution < 1.29 is 14.6 Å². The fourth-order valence-corrected chi connectivity index (χ4v) is 2.46. The van der Waals surface area contributed by atoms with E-state index in [0.29, 0.717) is 18.2 Å². The van der Waals surface area contributed by atoms with E-state index in [1.54, 1.807) is 0 Å². The summed E-state index contributed by atoms with van der Waals surface area (Å²) in [5, 5.41) is 15.2. The van der Waals surface area contributed by atoms with Gasteiger partial charge in [-0.3, -0.25) is 0 Å². The number of benzene rings is 1. The Morgan fingerprint density at radius 2 is 2.19 bits per heavy atom. The lowest BCUT2D eigenvalue weighted by molar-refractivity contribution is 0.159. The first-order valence-electron chi connectivity index (χ1n) is 7.42. The lowest BCUT2D eigenvalue weighted by atomic mass is 9.97. The molecule has 0 aliphatic heterocycles. The SMILES string of the molecule is CCOc1ccc(NC(=O)NC(C)(CO)C2CC2)cc1C. The summed E-state index contributed by atoms with van der Waals surface area (Å²) >= 11 is 0. The van der Waals surface area contributed by atoms with E-state index in [4.69, 9.17) is 4.74 Å². The molecule has 0 radical (unpaired) electrons. The van der Waals surface area contributed by atoms with Crippen LogP contribution in [0.2, 0.25) is 0 Å². The second kappa shape index (κ2) is 6.35. The number of urea groups is 1. The Hall–Kier alpha value is -1.75. The molecule has 1 aromatic rings. The van der Waals surface area contributed by atoms with Crippen LogP contribution in [0.4, 0.5) is 10.5 Å². The molecule has 0 aromatic heterocycles. The normalized spacial score (nSPS) is 17.0. The van der Waals surface area contributed by atoms with E-state index in [-0.39, 0.29) is 12.6 Å². The maximum atomic E-state index is 12.1. The van der Waals surface area contributed by atoms with Gasteiger partial charge in [0.25, 0.3) is 0 Å². The summed E-state index contributed by atoms with van der Waals surface area (Å²) < 4.78 is 5.47. The largest absolute Gasteiger partial charge is 0.494 e. The van der Waals surface area contributed by atoms with E-state index in [0.717, 1.165) is 24.2 Å². The zero-order chi connectivity index (χ0) is 15.5. The van der Waals surface area contributed by atoms with Gasteiger partial charge in [-0.15, -0.1) is 0 Å². The van der Waals surface area contributed by atoms with Crippen molar-refractivity contribution >= 4 is 11.7 Å². The lowest BCUT2D eigenvalue weighted by Crippen LogP contribution is -2.52. The highest BCUT2D eigenvalue weighted by molar-refractivity contribution is 5.90. The predicted octanol–water partition coefficient (Wildman–Crippen LogP) is 2.68. The Morgan fingerprint density at radius 1 is 1.48 bits per heavy atom. The quantitative estimate of drug-likeness (QED) is 0.755. The van der Waals surface area contributed by atoms with Gasteiger partial charge in [-0.1, -0.05) is 0 Å². The second-order valence-electron chi connectivity index (χ2n) is 5.84. The summed E-state index contributed by atoms with van der Waals surface area (Å²) in [6, 6.07) is 5.24. The summed E-state index contributed by atoms with van der Waals surface area (Å²) in [6.45, 7) is 6.33. The number of aryl methyl sites for hydroxylation is 1. The van der Waals surface area contributed by atoms with E-state index < -0.39 is 5.54 Å². The number of aliphatic hydroxyl groups is 1. The molecule has 3 N–H and O–H groups in total. The molecule has 2 rings (SSSR count). The van der Waals surface area contributed by atoms with Crippen molar-refractivity contribution in [2.45, 2.75) is 39.2 Å². The third-order valence-electron chi connectivity index (χ3n) is 3.94. The molecule has 1 aliphatic carbocycles. The molecule has 0 spiro atoms. The highest BCUT2D eigenvalue weighted by atomic mass is 16.5. The van der Waals surface area contributed by atoms with E-state index in [2.05, 4.69) is 10.6 Å². The maximum Gasteiger partial charge on any atom is 0.319 e. The number of anilines is 1. The second-order valence-corrected chi connectivity index (χ2v) is 5.84. The number of aliphatic hydroxyl groups excluding tert-OH is 1. The zero-order valence-electron chi connectivity index (χ0n) is 12.9. The Labute approximate surface area is 125 Å². The van der Waals surface area contributed by atoms with Gasteiger partial charge >= 0.3 is 6.03 Å². The van der Waals surface area contributed by atoms with Gasteiger partial charge in [-0.05, 0) is 63.3 Å². The fraction of sp³-hybridized carbons (Fsp3) is 0.562. The molecule has 1 aliphatic rings. The van der Waals surface area contributed by atoms with Crippen molar-refractivity contribution in [3.63, 3.8) is 0 Å². The first kappa shape index (κ1) is 15.6. The highest BCUT2D eigenvalue weighted by Crippen LogP contribution is 2.39. The minimum absolute atomic E-state index is 0.0482. The third-order valence-corrected chi connectivity index (χ3v) is 3.94. The van der Waals surface area contributed by atoms with E-state index in [1.165, 1.54) is 0 Å². The van der Waals surface area contributed by atoms with E-state index >= 15 is 0 Å². The van der Waals surface area contributed by atoms with Gasteiger partial charge < -0.3 is 20.5 Å². The number of nitrogens with one attached hydrogen (secondary N) is 2. The molecule has 0 saturated heterocycles. The molecule has 5 nitrogen and oxygen atoms in total. The minimum atomic E-state index is -0.537. The smallest absolute Gasteiger partial charge is 0.319 e. The van der Waals surface area contributed by atoms with Crippen LogP contribution in [-0.2, 0) is 0 Å². The number of amides is 2. The highest BCUT2D eigenvalue weighted by Gasteiger charge is 2.42. The molecule has 1 atom stereocenters. The van der Waals surface area contributed by atoms with Crippen LogP contribution in [0, 0.1) is 12.8 Å². The van der Waals surface area contributed by atoms with Crippen LogP contribution in [0.25, 0.3) is 0 Å². The van der Waals surface area contributed by atoms with Crippen LogP contribution in [-0.4, -0.2) is 29.9 Å². The molecular formula is C16H24N2O3. The maximum absolute atomic E-state index is 12.1. The summed E-state index contributed by atoms with van der Waals surface area (Å²) in [5.74, 6) is 1.19. The van der Waals surface area contributed by atoms with Crippen molar-refractivity contribution in [3.8, 4) is 5.75 Å². The van der Waals surface area contributed by atoms with Gasteiger partial charge in [0.05, 0.1) is 18.8 Å². The number of carbonyl (C=O) groups is 1. The van der Waals surface area contributed by atoms with Crippen LogP contribution in [0.5, 0.6) is 5.75 Å². The van der Waals surface area contributed by atoms with Gasteiger partial charge in [-0.25, -0.2) is 4.79 Å². The van der Waals surface area contributed by atoms with Gasteiger partial charge in [-0.2, -0.15) is 0 Å². The zero-order valence-corrected chi connectivity index (χ0v) is 12.9. The summed E-state index contributed by atoms with van der Waals surface area (Å²) in [6.07, 6.45) is 2.11. The number of rotatable bonds is 6. The van der Waals surface area contributed by atoms with Crippen LogP contribution in [0.15, 0.2) is 18.2 Å². The molecule has 0 bridgehead atoms.